The number of nitrogens with two attached hydrogens (primary N) is 1. The lowest BCUT2D eigenvalue weighted by Gasteiger charge is -2.37. The van der Waals surface area contributed by atoms with Crippen molar-refractivity contribution in [2.75, 3.05) is 13.2 Å². The van der Waals surface area contributed by atoms with Crippen molar-refractivity contribution in [1.29, 1.82) is 0 Å². The van der Waals surface area contributed by atoms with Crippen LogP contribution in [0, 0.1) is 0 Å². The highest BCUT2D eigenvalue weighted by molar-refractivity contribution is 4.89. The van der Waals surface area contributed by atoms with Gasteiger partial charge >= 0.3 is 0 Å². The van der Waals surface area contributed by atoms with E-state index in [0.29, 0.717) is 0 Å². The molecule has 1 aliphatic rings. The van der Waals surface area contributed by atoms with Gasteiger partial charge in [0.15, 0.2) is 0 Å². The molecule has 0 unspecified atom stereocenters. The van der Waals surface area contributed by atoms with Crippen molar-refractivity contribution >= 4 is 0 Å². The molecule has 0 bridgehead atoms. The van der Waals surface area contributed by atoms with E-state index in [9.17, 15) is 0 Å². The van der Waals surface area contributed by atoms with E-state index in [0.717, 1.165) is 19.6 Å². The minimum Gasteiger partial charge on any atom is -0.377 e. The maximum absolute atomic E-state index is 5.86. The van der Waals surface area contributed by atoms with Gasteiger partial charge in [-0.05, 0) is 6.42 Å². The predicted octanol–water partition coefficient (Wildman–Crippen LogP) is 0.904. The Hall–Kier alpha value is -0.0800. The molecule has 1 fully saturated rings. The van der Waals surface area contributed by atoms with Crippen molar-refractivity contribution in [2.45, 2.75) is 31.7 Å². The van der Waals surface area contributed by atoms with Gasteiger partial charge < -0.3 is 10.5 Å². The molecule has 0 amide bonds. The Labute approximate surface area is 56.4 Å². The van der Waals surface area contributed by atoms with Gasteiger partial charge in [0.05, 0.1) is 18.8 Å². The van der Waals surface area contributed by atoms with Crippen LogP contribution >= 0.6 is 0 Å². The van der Waals surface area contributed by atoms with E-state index in [1.165, 1.54) is 12.8 Å². The molecule has 1 rings (SSSR count). The van der Waals surface area contributed by atoms with Crippen molar-refractivity contribution in [2.24, 2.45) is 5.73 Å². The SMILES string of the molecule is CCCCC1(N)COC1. The van der Waals surface area contributed by atoms with Crippen molar-refractivity contribution in [3.63, 3.8) is 0 Å². The minimum atomic E-state index is 0.0516. The topological polar surface area (TPSA) is 35.2 Å². The van der Waals surface area contributed by atoms with E-state index in [1.807, 2.05) is 0 Å². The van der Waals surface area contributed by atoms with Crippen LogP contribution in [-0.4, -0.2) is 18.8 Å². The Kier molecular flexibility index (Phi) is 2.09. The first-order valence-electron chi connectivity index (χ1n) is 3.63. The van der Waals surface area contributed by atoms with E-state index in [2.05, 4.69) is 6.92 Å². The Morgan fingerprint density at radius 3 is 2.56 bits per heavy atom. The monoisotopic (exact) mass is 129 g/mol. The highest BCUT2D eigenvalue weighted by Gasteiger charge is 2.32. The summed E-state index contributed by atoms with van der Waals surface area (Å²) in [5.74, 6) is 0. The smallest absolute Gasteiger partial charge is 0.0669 e. The van der Waals surface area contributed by atoms with Gasteiger partial charge in [-0.15, -0.1) is 0 Å². The van der Waals surface area contributed by atoms with Crippen LogP contribution in [0.2, 0.25) is 0 Å². The average Bonchev–Trinajstić information content (AvgIpc) is 1.79. The van der Waals surface area contributed by atoms with Crippen LogP contribution in [0.3, 0.4) is 0 Å². The number of unbranched alkanes of at least 4 members (excludes halogenated alkanes) is 1. The maximum atomic E-state index is 5.86. The van der Waals surface area contributed by atoms with Gasteiger partial charge in [0, 0.05) is 0 Å². The summed E-state index contributed by atoms with van der Waals surface area (Å²) in [4.78, 5) is 0. The summed E-state index contributed by atoms with van der Waals surface area (Å²) in [6.07, 6.45) is 3.60. The average molecular weight is 129 g/mol. The fraction of sp³-hybridized carbons (Fsp3) is 1.00. The molecule has 0 atom stereocenters. The zero-order valence-corrected chi connectivity index (χ0v) is 6.02. The van der Waals surface area contributed by atoms with Crippen LogP contribution < -0.4 is 5.73 Å². The predicted molar refractivity (Wildman–Crippen MR) is 37.3 cm³/mol. The quantitative estimate of drug-likeness (QED) is 0.614. The van der Waals surface area contributed by atoms with Gasteiger partial charge in [-0.1, -0.05) is 19.8 Å². The van der Waals surface area contributed by atoms with E-state index in [4.69, 9.17) is 10.5 Å². The van der Waals surface area contributed by atoms with Gasteiger partial charge in [-0.25, -0.2) is 0 Å². The molecule has 0 aromatic rings. The van der Waals surface area contributed by atoms with Crippen molar-refractivity contribution < 1.29 is 4.74 Å². The number of hydrogen-bond donors (Lipinski definition) is 1. The molecule has 1 heterocycles. The molecular formula is C7H15NO. The van der Waals surface area contributed by atoms with E-state index in [-0.39, 0.29) is 5.54 Å². The first-order valence-corrected chi connectivity index (χ1v) is 3.63. The second-order valence-electron chi connectivity index (χ2n) is 2.96. The fourth-order valence-corrected chi connectivity index (χ4v) is 1.04. The highest BCUT2D eigenvalue weighted by Crippen LogP contribution is 2.19. The Balaban J connectivity index is 2.09. The first kappa shape index (κ1) is 7.03. The van der Waals surface area contributed by atoms with Crippen molar-refractivity contribution in [3.05, 3.63) is 0 Å². The molecule has 0 aromatic heterocycles. The minimum absolute atomic E-state index is 0.0516. The van der Waals surface area contributed by atoms with Crippen LogP contribution in [-0.2, 0) is 4.74 Å². The van der Waals surface area contributed by atoms with Gasteiger partial charge in [0.25, 0.3) is 0 Å². The first-order chi connectivity index (χ1) is 4.27. The Morgan fingerprint density at radius 2 is 2.22 bits per heavy atom. The van der Waals surface area contributed by atoms with Crippen LogP contribution in [0.1, 0.15) is 26.2 Å². The number of rotatable bonds is 3. The largest absolute Gasteiger partial charge is 0.377 e. The summed E-state index contributed by atoms with van der Waals surface area (Å²) in [6.45, 7) is 3.73. The molecule has 1 saturated heterocycles. The molecule has 1 aliphatic heterocycles. The normalized spacial score (nSPS) is 23.3. The molecule has 2 N–H and O–H groups in total. The van der Waals surface area contributed by atoms with Gasteiger partial charge in [0.2, 0.25) is 0 Å². The van der Waals surface area contributed by atoms with Crippen LogP contribution in [0.25, 0.3) is 0 Å². The zero-order chi connectivity index (χ0) is 6.74. The lowest BCUT2D eigenvalue weighted by Crippen LogP contribution is -2.57. The fourth-order valence-electron chi connectivity index (χ4n) is 1.04. The molecular weight excluding hydrogens is 114 g/mol. The van der Waals surface area contributed by atoms with Crippen LogP contribution in [0.5, 0.6) is 0 Å². The third-order valence-electron chi connectivity index (χ3n) is 1.81. The van der Waals surface area contributed by atoms with E-state index >= 15 is 0 Å². The summed E-state index contributed by atoms with van der Waals surface area (Å²) in [5, 5.41) is 0. The molecule has 0 aromatic carbocycles. The highest BCUT2D eigenvalue weighted by atomic mass is 16.5. The Bertz CT molecular complexity index is 88.9. The second-order valence-corrected chi connectivity index (χ2v) is 2.96. The molecule has 0 spiro atoms. The van der Waals surface area contributed by atoms with Gasteiger partial charge in [-0.3, -0.25) is 0 Å². The van der Waals surface area contributed by atoms with Crippen molar-refractivity contribution in [1.82, 2.24) is 0 Å². The molecule has 54 valence electrons. The maximum Gasteiger partial charge on any atom is 0.0669 e. The summed E-state index contributed by atoms with van der Waals surface area (Å²) < 4.78 is 5.01. The van der Waals surface area contributed by atoms with Gasteiger partial charge in [0.1, 0.15) is 0 Å². The molecule has 0 aliphatic carbocycles. The summed E-state index contributed by atoms with van der Waals surface area (Å²) in [7, 11) is 0. The zero-order valence-electron chi connectivity index (χ0n) is 6.02. The molecule has 9 heavy (non-hydrogen) atoms. The summed E-state index contributed by atoms with van der Waals surface area (Å²) in [6, 6.07) is 0. The molecule has 2 nitrogen and oxygen atoms in total. The van der Waals surface area contributed by atoms with Crippen molar-refractivity contribution in [3.8, 4) is 0 Å². The second kappa shape index (κ2) is 2.67. The van der Waals surface area contributed by atoms with Crippen LogP contribution in [0.15, 0.2) is 0 Å². The molecule has 0 radical (unpaired) electrons. The molecule has 0 saturated carbocycles. The van der Waals surface area contributed by atoms with E-state index in [1.54, 1.807) is 0 Å². The number of hydrogen-bond acceptors (Lipinski definition) is 2. The van der Waals surface area contributed by atoms with Gasteiger partial charge in [-0.2, -0.15) is 0 Å². The lowest BCUT2D eigenvalue weighted by molar-refractivity contribution is -0.0580. The van der Waals surface area contributed by atoms with Crippen LogP contribution in [0.4, 0.5) is 0 Å². The molecule has 2 heteroatoms. The summed E-state index contributed by atoms with van der Waals surface area (Å²) >= 11 is 0. The third-order valence-corrected chi connectivity index (χ3v) is 1.81. The lowest BCUT2D eigenvalue weighted by atomic mass is 9.92. The summed E-state index contributed by atoms with van der Waals surface area (Å²) in [5.41, 5.74) is 5.92. The van der Waals surface area contributed by atoms with E-state index < -0.39 is 0 Å². The third kappa shape index (κ3) is 1.66. The Morgan fingerprint density at radius 1 is 1.56 bits per heavy atom. The number of ether oxygens (including phenoxy) is 1. The standard InChI is InChI=1S/C7H15NO/c1-2-3-4-7(8)5-9-6-7/h2-6,8H2,1H3.